The number of benzene rings is 1. The van der Waals surface area contributed by atoms with Crippen LogP contribution in [0.3, 0.4) is 0 Å². The highest BCUT2D eigenvalue weighted by atomic mass is 35.5. The van der Waals surface area contributed by atoms with Crippen molar-refractivity contribution < 1.29 is 4.74 Å². The first-order valence-corrected chi connectivity index (χ1v) is 6.71. The van der Waals surface area contributed by atoms with Crippen molar-refractivity contribution in [1.82, 2.24) is 9.88 Å². The summed E-state index contributed by atoms with van der Waals surface area (Å²) in [7, 11) is 2.05. The number of fused-ring (bicyclic) bond motifs is 1. The molecule has 0 saturated carbocycles. The molecule has 96 valence electrons. The van der Waals surface area contributed by atoms with E-state index in [-0.39, 0.29) is 6.10 Å². The fourth-order valence-corrected chi connectivity index (χ4v) is 2.87. The fraction of sp³-hybridized carbons (Fsp3) is 0.429. The van der Waals surface area contributed by atoms with Crippen LogP contribution in [0.5, 0.6) is 0 Å². The maximum atomic E-state index is 6.35. The molecule has 3 nitrogen and oxygen atoms in total. The third kappa shape index (κ3) is 2.03. The van der Waals surface area contributed by atoms with Crippen molar-refractivity contribution in [2.75, 3.05) is 19.7 Å². The summed E-state index contributed by atoms with van der Waals surface area (Å²) in [6, 6.07) is 6.02. The Morgan fingerprint density at radius 3 is 3.22 bits per heavy atom. The molecular formula is C14H17ClN2O. The Balaban J connectivity index is 2.10. The first kappa shape index (κ1) is 12.0. The first-order valence-electron chi connectivity index (χ1n) is 6.33. The Morgan fingerprint density at radius 2 is 2.33 bits per heavy atom. The highest BCUT2D eigenvalue weighted by Crippen LogP contribution is 2.33. The Kier molecular flexibility index (Phi) is 3.29. The summed E-state index contributed by atoms with van der Waals surface area (Å²) < 4.78 is 8.05. The molecule has 1 atom stereocenters. The SMILES string of the molecule is Cn1cc(C2CNCCCO2)c2c(Cl)cccc21. The number of nitrogens with zero attached hydrogens (tertiary/aromatic N) is 1. The van der Waals surface area contributed by atoms with Gasteiger partial charge in [-0.3, -0.25) is 0 Å². The van der Waals surface area contributed by atoms with Crippen LogP contribution in [0.25, 0.3) is 10.9 Å². The Morgan fingerprint density at radius 1 is 1.44 bits per heavy atom. The van der Waals surface area contributed by atoms with E-state index < -0.39 is 0 Å². The average Bonchev–Trinajstić information content (AvgIpc) is 2.56. The van der Waals surface area contributed by atoms with E-state index in [0.717, 1.165) is 42.0 Å². The zero-order valence-corrected chi connectivity index (χ0v) is 11.2. The molecule has 1 aromatic carbocycles. The predicted octanol–water partition coefficient (Wildman–Crippen LogP) is 2.88. The number of hydrogen-bond acceptors (Lipinski definition) is 2. The minimum Gasteiger partial charge on any atom is -0.372 e. The van der Waals surface area contributed by atoms with Crippen LogP contribution >= 0.6 is 11.6 Å². The fourth-order valence-electron chi connectivity index (χ4n) is 2.59. The topological polar surface area (TPSA) is 26.2 Å². The van der Waals surface area contributed by atoms with E-state index in [2.05, 4.69) is 22.1 Å². The molecule has 1 unspecified atom stereocenters. The van der Waals surface area contributed by atoms with Gasteiger partial charge in [0.1, 0.15) is 0 Å². The van der Waals surface area contributed by atoms with Gasteiger partial charge in [-0.15, -0.1) is 0 Å². The number of hydrogen-bond donors (Lipinski definition) is 1. The number of rotatable bonds is 1. The van der Waals surface area contributed by atoms with Crippen molar-refractivity contribution in [3.05, 3.63) is 35.0 Å². The van der Waals surface area contributed by atoms with E-state index in [1.807, 2.05) is 19.2 Å². The van der Waals surface area contributed by atoms with Crippen molar-refractivity contribution in [3.8, 4) is 0 Å². The molecule has 3 rings (SSSR count). The Bertz CT molecular complexity index is 556. The van der Waals surface area contributed by atoms with E-state index in [4.69, 9.17) is 16.3 Å². The van der Waals surface area contributed by atoms with Crippen LogP contribution in [0.4, 0.5) is 0 Å². The van der Waals surface area contributed by atoms with Crippen LogP contribution in [0.2, 0.25) is 5.02 Å². The summed E-state index contributed by atoms with van der Waals surface area (Å²) in [5.41, 5.74) is 2.35. The molecule has 0 radical (unpaired) electrons. The molecule has 1 aliphatic heterocycles. The smallest absolute Gasteiger partial charge is 0.0970 e. The van der Waals surface area contributed by atoms with Gasteiger partial charge in [-0.1, -0.05) is 17.7 Å². The van der Waals surface area contributed by atoms with Crippen molar-refractivity contribution in [2.45, 2.75) is 12.5 Å². The third-order valence-electron chi connectivity index (χ3n) is 3.49. The summed E-state index contributed by atoms with van der Waals surface area (Å²) in [5, 5.41) is 5.33. The van der Waals surface area contributed by atoms with Crippen molar-refractivity contribution >= 4 is 22.5 Å². The molecule has 2 aromatic rings. The van der Waals surface area contributed by atoms with Gasteiger partial charge in [0.2, 0.25) is 0 Å². The minimum absolute atomic E-state index is 0.0936. The lowest BCUT2D eigenvalue weighted by atomic mass is 10.1. The molecule has 1 N–H and O–H groups in total. The molecule has 1 aliphatic rings. The second-order valence-electron chi connectivity index (χ2n) is 4.75. The van der Waals surface area contributed by atoms with Crippen molar-refractivity contribution in [3.63, 3.8) is 0 Å². The lowest BCUT2D eigenvalue weighted by Crippen LogP contribution is -2.19. The molecule has 0 spiro atoms. The standard InChI is InChI=1S/C14H17ClN2O/c1-17-9-10(13-8-16-6-3-7-18-13)14-11(15)4-2-5-12(14)17/h2,4-5,9,13,16H,3,6-8H2,1H3. The third-order valence-corrected chi connectivity index (χ3v) is 3.80. The molecule has 0 bridgehead atoms. The number of aromatic nitrogens is 1. The zero-order chi connectivity index (χ0) is 12.5. The highest BCUT2D eigenvalue weighted by Gasteiger charge is 2.20. The van der Waals surface area contributed by atoms with E-state index in [9.17, 15) is 0 Å². The van der Waals surface area contributed by atoms with Gasteiger partial charge in [0.05, 0.1) is 11.1 Å². The maximum Gasteiger partial charge on any atom is 0.0970 e. The van der Waals surface area contributed by atoms with Gasteiger partial charge in [-0.25, -0.2) is 0 Å². The van der Waals surface area contributed by atoms with Crippen LogP contribution in [0.1, 0.15) is 18.1 Å². The van der Waals surface area contributed by atoms with Crippen LogP contribution in [0, 0.1) is 0 Å². The van der Waals surface area contributed by atoms with Gasteiger partial charge in [-0.2, -0.15) is 0 Å². The summed E-state index contributed by atoms with van der Waals surface area (Å²) in [6.07, 6.45) is 3.29. The van der Waals surface area contributed by atoms with Crippen LogP contribution in [0.15, 0.2) is 24.4 Å². The van der Waals surface area contributed by atoms with Crippen molar-refractivity contribution in [1.29, 1.82) is 0 Å². The maximum absolute atomic E-state index is 6.35. The van der Waals surface area contributed by atoms with Crippen molar-refractivity contribution in [2.24, 2.45) is 7.05 Å². The zero-order valence-electron chi connectivity index (χ0n) is 10.4. The summed E-state index contributed by atoms with van der Waals surface area (Å²) in [4.78, 5) is 0. The summed E-state index contributed by atoms with van der Waals surface area (Å²) >= 11 is 6.35. The number of ether oxygens (including phenoxy) is 1. The quantitative estimate of drug-likeness (QED) is 0.857. The van der Waals surface area contributed by atoms with Crippen LogP contribution < -0.4 is 5.32 Å². The molecule has 1 aromatic heterocycles. The number of halogens is 1. The molecule has 0 amide bonds. The van der Waals surface area contributed by atoms with Gasteiger partial charge >= 0.3 is 0 Å². The summed E-state index contributed by atoms with van der Waals surface area (Å²) in [5.74, 6) is 0. The van der Waals surface area contributed by atoms with Gasteiger partial charge in [-0.05, 0) is 25.1 Å². The predicted molar refractivity (Wildman–Crippen MR) is 74.1 cm³/mol. The highest BCUT2D eigenvalue weighted by molar-refractivity contribution is 6.35. The second kappa shape index (κ2) is 4.92. The van der Waals surface area contributed by atoms with E-state index in [1.165, 1.54) is 5.56 Å². The van der Waals surface area contributed by atoms with Gasteiger partial charge in [0, 0.05) is 42.9 Å². The van der Waals surface area contributed by atoms with Gasteiger partial charge in [0.15, 0.2) is 0 Å². The molecule has 4 heteroatoms. The molecule has 0 aliphatic carbocycles. The lowest BCUT2D eigenvalue weighted by Gasteiger charge is -2.14. The number of nitrogens with one attached hydrogen (secondary N) is 1. The first-order chi connectivity index (χ1) is 8.77. The molecule has 18 heavy (non-hydrogen) atoms. The Hall–Kier alpha value is -1.03. The minimum atomic E-state index is 0.0936. The molecule has 1 fully saturated rings. The molecular weight excluding hydrogens is 248 g/mol. The Labute approximate surface area is 112 Å². The monoisotopic (exact) mass is 264 g/mol. The normalized spacial score (nSPS) is 21.1. The summed E-state index contributed by atoms with van der Waals surface area (Å²) in [6.45, 7) is 2.68. The van der Waals surface area contributed by atoms with E-state index >= 15 is 0 Å². The van der Waals surface area contributed by atoms with E-state index in [0.29, 0.717) is 0 Å². The lowest BCUT2D eigenvalue weighted by molar-refractivity contribution is 0.0678. The van der Waals surface area contributed by atoms with Gasteiger partial charge in [0.25, 0.3) is 0 Å². The largest absolute Gasteiger partial charge is 0.372 e. The second-order valence-corrected chi connectivity index (χ2v) is 5.15. The molecule has 1 saturated heterocycles. The van der Waals surface area contributed by atoms with E-state index in [1.54, 1.807) is 0 Å². The number of aryl methyl sites for hydroxylation is 1. The van der Waals surface area contributed by atoms with Crippen LogP contribution in [-0.2, 0) is 11.8 Å². The van der Waals surface area contributed by atoms with Crippen LogP contribution in [-0.4, -0.2) is 24.3 Å². The molecule has 2 heterocycles. The van der Waals surface area contributed by atoms with Gasteiger partial charge < -0.3 is 14.6 Å². The average molecular weight is 265 g/mol.